The zero-order valence-electron chi connectivity index (χ0n) is 11.6. The molecule has 98 valence electrons. The molecule has 0 saturated carbocycles. The summed E-state index contributed by atoms with van der Waals surface area (Å²) in [6.45, 7) is 9.72. The number of anilines is 1. The maximum atomic E-state index is 12.0. The number of methoxy groups -OCH3 is 1. The molecule has 18 heavy (non-hydrogen) atoms. The first-order chi connectivity index (χ1) is 8.46. The Kier molecular flexibility index (Phi) is 4.54. The van der Waals surface area contributed by atoms with Crippen molar-refractivity contribution in [3.63, 3.8) is 0 Å². The summed E-state index contributed by atoms with van der Waals surface area (Å²) in [4.78, 5) is 13.8. The van der Waals surface area contributed by atoms with Crippen LogP contribution in [0.15, 0.2) is 36.9 Å². The number of rotatable bonds is 5. The molecule has 0 N–H and O–H groups in total. The average molecular weight is 247 g/mol. The molecule has 0 aromatic heterocycles. The predicted molar refractivity (Wildman–Crippen MR) is 75.0 cm³/mol. The van der Waals surface area contributed by atoms with E-state index in [1.807, 2.05) is 38.1 Å². The maximum Gasteiger partial charge on any atom is 0.250 e. The highest BCUT2D eigenvalue weighted by molar-refractivity contribution is 6.02. The molecule has 3 heteroatoms. The third-order valence-electron chi connectivity index (χ3n) is 3.20. The number of amides is 1. The van der Waals surface area contributed by atoms with Crippen molar-refractivity contribution in [3.05, 3.63) is 36.9 Å². The van der Waals surface area contributed by atoms with E-state index in [0.29, 0.717) is 0 Å². The van der Waals surface area contributed by atoms with E-state index in [1.165, 1.54) is 6.08 Å². The molecule has 1 rings (SSSR count). The Morgan fingerprint density at radius 3 is 2.33 bits per heavy atom. The van der Waals surface area contributed by atoms with E-state index >= 15 is 0 Å². The first kappa shape index (κ1) is 14.3. The summed E-state index contributed by atoms with van der Waals surface area (Å²) < 4.78 is 5.12. The van der Waals surface area contributed by atoms with E-state index < -0.39 is 0 Å². The molecular formula is C15H21NO2. The molecule has 0 bridgehead atoms. The van der Waals surface area contributed by atoms with Crippen molar-refractivity contribution in [1.82, 2.24) is 0 Å². The van der Waals surface area contributed by atoms with Crippen LogP contribution in [0.3, 0.4) is 0 Å². The van der Waals surface area contributed by atoms with E-state index in [0.717, 1.165) is 17.9 Å². The summed E-state index contributed by atoms with van der Waals surface area (Å²) in [6.07, 6.45) is 2.21. The molecular weight excluding hydrogens is 226 g/mol. The molecule has 0 heterocycles. The summed E-state index contributed by atoms with van der Waals surface area (Å²) in [5, 5.41) is 0. The molecule has 0 aliphatic carbocycles. The van der Waals surface area contributed by atoms with Gasteiger partial charge >= 0.3 is 0 Å². The maximum absolute atomic E-state index is 12.0. The van der Waals surface area contributed by atoms with Crippen LogP contribution in [0.25, 0.3) is 0 Å². The normalized spacial score (nSPS) is 10.9. The molecule has 3 nitrogen and oxygen atoms in total. The van der Waals surface area contributed by atoms with Gasteiger partial charge in [0.1, 0.15) is 5.75 Å². The highest BCUT2D eigenvalue weighted by Crippen LogP contribution is 2.28. The van der Waals surface area contributed by atoms with Crippen LogP contribution in [0, 0.1) is 0 Å². The minimum absolute atomic E-state index is 0.0907. The zero-order valence-corrected chi connectivity index (χ0v) is 11.6. The first-order valence-corrected chi connectivity index (χ1v) is 6.07. The molecule has 0 spiro atoms. The second-order valence-corrected chi connectivity index (χ2v) is 4.74. The first-order valence-electron chi connectivity index (χ1n) is 6.07. The molecule has 1 aromatic rings. The van der Waals surface area contributed by atoms with Crippen molar-refractivity contribution < 1.29 is 9.53 Å². The Balaban J connectivity index is 3.17. The highest BCUT2D eigenvalue weighted by atomic mass is 16.5. The monoisotopic (exact) mass is 247 g/mol. The molecule has 1 aromatic carbocycles. The molecule has 0 aliphatic rings. The Morgan fingerprint density at radius 1 is 1.39 bits per heavy atom. The number of benzene rings is 1. The van der Waals surface area contributed by atoms with Crippen molar-refractivity contribution >= 4 is 11.6 Å². The minimum Gasteiger partial charge on any atom is -0.497 e. The van der Waals surface area contributed by atoms with Gasteiger partial charge in [0, 0.05) is 11.2 Å². The Hall–Kier alpha value is -1.77. The lowest BCUT2D eigenvalue weighted by molar-refractivity contribution is -0.115. The summed E-state index contributed by atoms with van der Waals surface area (Å²) in [7, 11) is 1.62. The Bertz CT molecular complexity index is 421. The lowest BCUT2D eigenvalue weighted by Gasteiger charge is -2.37. The quantitative estimate of drug-likeness (QED) is 0.746. The number of hydrogen-bond donors (Lipinski definition) is 0. The van der Waals surface area contributed by atoms with Crippen LogP contribution in [0.2, 0.25) is 0 Å². The topological polar surface area (TPSA) is 29.5 Å². The highest BCUT2D eigenvalue weighted by Gasteiger charge is 2.29. The second kappa shape index (κ2) is 5.71. The van der Waals surface area contributed by atoms with Gasteiger partial charge in [-0.2, -0.15) is 0 Å². The molecule has 0 aliphatic heterocycles. The van der Waals surface area contributed by atoms with Crippen LogP contribution < -0.4 is 9.64 Å². The molecule has 0 atom stereocenters. The molecule has 0 unspecified atom stereocenters. The van der Waals surface area contributed by atoms with Crippen LogP contribution in [-0.2, 0) is 4.79 Å². The molecule has 0 fully saturated rings. The van der Waals surface area contributed by atoms with Gasteiger partial charge in [-0.1, -0.05) is 13.5 Å². The van der Waals surface area contributed by atoms with Crippen molar-refractivity contribution in [1.29, 1.82) is 0 Å². The number of hydrogen-bond acceptors (Lipinski definition) is 2. The largest absolute Gasteiger partial charge is 0.497 e. The number of ether oxygens (including phenoxy) is 1. The lowest BCUT2D eigenvalue weighted by Crippen LogP contribution is -2.47. The molecule has 1 amide bonds. The third-order valence-corrected chi connectivity index (χ3v) is 3.20. The van der Waals surface area contributed by atoms with Crippen molar-refractivity contribution in [3.8, 4) is 5.75 Å². The smallest absolute Gasteiger partial charge is 0.250 e. The summed E-state index contributed by atoms with van der Waals surface area (Å²) in [5.41, 5.74) is 0.604. The number of carbonyl (C=O) groups excluding carboxylic acids is 1. The van der Waals surface area contributed by atoms with Gasteiger partial charge in [0.05, 0.1) is 7.11 Å². The third kappa shape index (κ3) is 2.92. The summed E-state index contributed by atoms with van der Waals surface area (Å²) in [6, 6.07) is 7.48. The summed E-state index contributed by atoms with van der Waals surface area (Å²) >= 11 is 0. The predicted octanol–water partition coefficient (Wildman–Crippen LogP) is 3.40. The van der Waals surface area contributed by atoms with Gasteiger partial charge in [-0.3, -0.25) is 4.79 Å². The second-order valence-electron chi connectivity index (χ2n) is 4.74. The van der Waals surface area contributed by atoms with Crippen LogP contribution in [0.1, 0.15) is 27.2 Å². The SMILES string of the molecule is C=CC(=O)N(c1ccc(OC)cc1)C(C)(C)CC. The van der Waals surface area contributed by atoms with E-state index in [9.17, 15) is 4.79 Å². The van der Waals surface area contributed by atoms with E-state index in [-0.39, 0.29) is 11.4 Å². The van der Waals surface area contributed by atoms with Gasteiger partial charge in [-0.05, 0) is 50.6 Å². The molecule has 0 radical (unpaired) electrons. The van der Waals surface area contributed by atoms with Gasteiger partial charge in [0.15, 0.2) is 0 Å². The van der Waals surface area contributed by atoms with E-state index in [2.05, 4.69) is 13.5 Å². The standard InChI is InChI=1S/C15H21NO2/c1-6-14(17)16(15(3,4)7-2)12-8-10-13(18-5)11-9-12/h6,8-11H,1,7H2,2-5H3. The fraction of sp³-hybridized carbons (Fsp3) is 0.400. The minimum atomic E-state index is -0.250. The van der Waals surface area contributed by atoms with E-state index in [4.69, 9.17) is 4.74 Å². The van der Waals surface area contributed by atoms with Gasteiger partial charge < -0.3 is 9.64 Å². The van der Waals surface area contributed by atoms with Crippen molar-refractivity contribution in [2.24, 2.45) is 0 Å². The summed E-state index contributed by atoms with van der Waals surface area (Å²) in [5.74, 6) is 0.686. The van der Waals surface area contributed by atoms with E-state index in [1.54, 1.807) is 12.0 Å². The average Bonchev–Trinajstić information content (AvgIpc) is 2.39. The number of nitrogens with zero attached hydrogens (tertiary/aromatic N) is 1. The van der Waals surface area contributed by atoms with Gasteiger partial charge in [-0.25, -0.2) is 0 Å². The van der Waals surface area contributed by atoms with Crippen LogP contribution in [-0.4, -0.2) is 18.6 Å². The van der Waals surface area contributed by atoms with Gasteiger partial charge in [0.25, 0.3) is 5.91 Å². The van der Waals surface area contributed by atoms with Crippen LogP contribution in [0.4, 0.5) is 5.69 Å². The van der Waals surface area contributed by atoms with Gasteiger partial charge in [-0.15, -0.1) is 0 Å². The van der Waals surface area contributed by atoms with Gasteiger partial charge in [0.2, 0.25) is 0 Å². The van der Waals surface area contributed by atoms with Crippen LogP contribution in [0.5, 0.6) is 5.75 Å². The molecule has 0 saturated heterocycles. The number of carbonyl (C=O) groups is 1. The Labute approximate surface area is 109 Å². The lowest BCUT2D eigenvalue weighted by atomic mass is 9.98. The Morgan fingerprint density at radius 2 is 1.94 bits per heavy atom. The van der Waals surface area contributed by atoms with Crippen molar-refractivity contribution in [2.75, 3.05) is 12.0 Å². The van der Waals surface area contributed by atoms with Crippen molar-refractivity contribution in [2.45, 2.75) is 32.7 Å². The zero-order chi connectivity index (χ0) is 13.8. The fourth-order valence-corrected chi connectivity index (χ4v) is 1.76. The fourth-order valence-electron chi connectivity index (χ4n) is 1.76. The van der Waals surface area contributed by atoms with Crippen LogP contribution >= 0.6 is 0 Å².